The number of halogens is 24. The Hall–Kier alpha value is -1.68. The summed E-state index contributed by atoms with van der Waals surface area (Å²) in [5.41, 5.74) is -5.19. The van der Waals surface area contributed by atoms with Crippen LogP contribution in [0, 0.1) is 46.3 Å². The van der Waals surface area contributed by atoms with E-state index in [0.717, 1.165) is 53.9 Å². The number of hydrogen-bond acceptors (Lipinski definition) is 0. The third-order valence-electron chi connectivity index (χ3n) is 7.93. The van der Waals surface area contributed by atoms with Gasteiger partial charge in [-0.25, -0.2) is 0 Å². The standard InChI is InChI=1S/C6H11F3.C6H14.2C5H6F6.2C5H9F3.C5H12.C4H7F3.2C4H10/c1-2-3-4-5-6(7,8)9;1-4-5-6(2)3;1-3(2,4(6,7)8)5(9,10)11;1-2-3(4(6,7)8)5(9,10)11;1-4(2,3)5(6,7)8;1-3-4(2)5(6,7)8;1-3-5-4-2;1-3(2)4(5,6)7;2*1-4(2)3/h2-5H2,1H3;6H,4-5H2,1-3H3;1-2H3;3H,2H2,1H3;1-3H3;4H,3H2,1-2H3;3-5H2,1-2H3;3H,1-2H3;2*4H,1-3H3/i;;;;;;;;2*4D. The van der Waals surface area contributed by atoms with Crippen LogP contribution in [0.2, 0.25) is 0 Å². The third kappa shape index (κ3) is 79.3. The summed E-state index contributed by atoms with van der Waals surface area (Å²) in [6.07, 6.45) is -29.7. The van der Waals surface area contributed by atoms with Crippen LogP contribution in [0.1, 0.15) is 226 Å². The SMILES string of the molecule is CC(C)(C(F)(F)F)C(F)(F)F.CC(C)(C)C(F)(F)F.CC(C)C(F)(F)F.CCC(C(F)(F)F)C(F)(F)F.CCC(C)C(F)(F)F.CCCC(C)C.CCCCC.CCCCCC(F)(F)F.[2H]C(C)(C)C.[2H]C(C)(C)C. The molecule has 458 valence electrons. The van der Waals surface area contributed by atoms with Gasteiger partial charge in [0.05, 0.1) is 11.3 Å². The van der Waals surface area contributed by atoms with Crippen molar-refractivity contribution in [3.05, 3.63) is 0 Å². The van der Waals surface area contributed by atoms with Crippen molar-refractivity contribution in [1.82, 2.24) is 0 Å². The van der Waals surface area contributed by atoms with E-state index in [0.29, 0.717) is 6.42 Å². The topological polar surface area (TPSA) is 0 Å². The highest BCUT2D eigenvalue weighted by atomic mass is 19.4. The average molecular weight is 1140 g/mol. The van der Waals surface area contributed by atoms with Gasteiger partial charge in [0, 0.05) is 15.1 Å². The van der Waals surface area contributed by atoms with Gasteiger partial charge in [0.1, 0.15) is 5.92 Å². The monoisotopic (exact) mass is 1140 g/mol. The molecule has 1 atom stereocenters. The van der Waals surface area contributed by atoms with Gasteiger partial charge in [0.25, 0.3) is 0 Å². The second-order valence-electron chi connectivity index (χ2n) is 19.6. The Morgan fingerprint density at radius 1 is 0.356 bits per heavy atom. The quantitative estimate of drug-likeness (QED) is 0.159. The van der Waals surface area contributed by atoms with E-state index in [-0.39, 0.29) is 38.5 Å². The lowest BCUT2D eigenvalue weighted by molar-refractivity contribution is -0.327. The summed E-state index contributed by atoms with van der Waals surface area (Å²) >= 11 is 0. The molecule has 0 aromatic heterocycles. The van der Waals surface area contributed by atoms with Crippen LogP contribution in [-0.2, 0) is 0 Å². The van der Waals surface area contributed by atoms with Crippen LogP contribution in [0.5, 0.6) is 0 Å². The molecule has 0 nitrogen and oxygen atoms in total. The zero-order valence-electron chi connectivity index (χ0n) is 49.2. The summed E-state index contributed by atoms with van der Waals surface area (Å²) < 4.78 is 289. The zero-order valence-corrected chi connectivity index (χ0v) is 47.2. The summed E-state index contributed by atoms with van der Waals surface area (Å²) in [5, 5.41) is 0. The minimum atomic E-state index is -5.24. The average Bonchev–Trinajstić information content (AvgIpc) is 3.08. The number of rotatable bonds is 9. The molecule has 0 rings (SSSR count). The van der Waals surface area contributed by atoms with Crippen molar-refractivity contribution < 1.29 is 108 Å². The Morgan fingerprint density at radius 3 is 0.658 bits per heavy atom. The second kappa shape index (κ2) is 44.3. The van der Waals surface area contributed by atoms with Crippen molar-refractivity contribution in [2.45, 2.75) is 272 Å². The Bertz CT molecular complexity index is 1150. The van der Waals surface area contributed by atoms with Crippen molar-refractivity contribution in [2.24, 2.45) is 46.3 Å². The summed E-state index contributed by atoms with van der Waals surface area (Å²) in [6.45, 7) is 33.6. The molecule has 0 aliphatic rings. The minimum absolute atomic E-state index is 0.104. The van der Waals surface area contributed by atoms with E-state index in [1.807, 2.05) is 48.5 Å². The lowest BCUT2D eigenvalue weighted by atomic mass is 9.92. The lowest BCUT2D eigenvalue weighted by Crippen LogP contribution is -2.44. The van der Waals surface area contributed by atoms with Crippen molar-refractivity contribution in [1.29, 1.82) is 0 Å². The van der Waals surface area contributed by atoms with Crippen LogP contribution >= 0.6 is 0 Å². The van der Waals surface area contributed by atoms with E-state index in [9.17, 15) is 105 Å². The Labute approximate surface area is 426 Å². The predicted octanol–water partition coefficient (Wildman–Crippen LogP) is 24.8. The first-order chi connectivity index (χ1) is 32.1. The van der Waals surface area contributed by atoms with Crippen LogP contribution in [-0.4, -0.2) is 49.4 Å². The highest BCUT2D eigenvalue weighted by Crippen LogP contribution is 2.49. The fourth-order valence-corrected chi connectivity index (χ4v) is 2.55. The van der Waals surface area contributed by atoms with Gasteiger partial charge >= 0.3 is 49.4 Å². The van der Waals surface area contributed by atoms with Crippen molar-refractivity contribution in [3.8, 4) is 0 Å². The molecule has 0 aliphatic carbocycles. The fraction of sp³-hybridized carbons (Fsp3) is 1.00. The molecule has 24 heteroatoms. The lowest BCUT2D eigenvalue weighted by Gasteiger charge is -2.29. The Balaban J connectivity index is -0.0000000792. The Morgan fingerprint density at radius 2 is 0.616 bits per heavy atom. The fourth-order valence-electron chi connectivity index (χ4n) is 2.55. The molecule has 73 heavy (non-hydrogen) atoms. The van der Waals surface area contributed by atoms with E-state index < -0.39 is 90.8 Å². The highest BCUT2D eigenvalue weighted by Gasteiger charge is 2.64. The van der Waals surface area contributed by atoms with Crippen LogP contribution in [0.25, 0.3) is 0 Å². The normalized spacial score (nSPS) is 13.5. The molecule has 0 aliphatic heterocycles. The molecule has 0 spiro atoms. The van der Waals surface area contributed by atoms with Gasteiger partial charge in [-0.2, -0.15) is 105 Å². The predicted molar refractivity (Wildman–Crippen MR) is 250 cm³/mol. The summed E-state index contributed by atoms with van der Waals surface area (Å²) in [4.78, 5) is 0. The first-order valence-corrected chi connectivity index (χ1v) is 23.6. The summed E-state index contributed by atoms with van der Waals surface area (Å²) in [7, 11) is 0. The largest absolute Gasteiger partial charge is 0.402 e. The first kappa shape index (κ1) is 88.0. The molecular weight excluding hydrogens is 1040 g/mol. The van der Waals surface area contributed by atoms with Crippen LogP contribution in [0.15, 0.2) is 0 Å². The van der Waals surface area contributed by atoms with Crippen LogP contribution in [0.3, 0.4) is 0 Å². The maximum Gasteiger partial charge on any atom is 0.402 e. The summed E-state index contributed by atoms with van der Waals surface area (Å²) in [5.74, 6) is -5.14. The number of unbranched alkanes of at least 4 members (excludes halogenated alkanes) is 4. The van der Waals surface area contributed by atoms with E-state index in [2.05, 4.69) is 34.6 Å². The van der Waals surface area contributed by atoms with E-state index >= 15 is 0 Å². The number of hydrogen-bond donors (Lipinski definition) is 0. The van der Waals surface area contributed by atoms with Gasteiger partial charge in [0.2, 0.25) is 0 Å². The molecule has 0 saturated carbocycles. The maximum absolute atomic E-state index is 11.6. The summed E-state index contributed by atoms with van der Waals surface area (Å²) in [6, 6.07) is 0. The van der Waals surface area contributed by atoms with Gasteiger partial charge in [-0.15, -0.1) is 0 Å². The molecule has 0 saturated heterocycles. The number of alkyl halides is 24. The van der Waals surface area contributed by atoms with E-state index in [1.54, 1.807) is 0 Å². The zero-order chi connectivity index (χ0) is 64.1. The molecule has 0 heterocycles. The van der Waals surface area contributed by atoms with Gasteiger partial charge in [-0.1, -0.05) is 183 Å². The van der Waals surface area contributed by atoms with Gasteiger partial charge in [-0.3, -0.25) is 0 Å². The smallest absolute Gasteiger partial charge is 0.171 e. The Kier molecular flexibility index (Phi) is 53.4. The van der Waals surface area contributed by atoms with Crippen LogP contribution in [0.4, 0.5) is 105 Å². The molecule has 0 bridgehead atoms. The molecule has 0 radical (unpaired) electrons. The van der Waals surface area contributed by atoms with E-state index in [4.69, 9.17) is 2.74 Å². The van der Waals surface area contributed by atoms with Crippen molar-refractivity contribution in [3.63, 3.8) is 0 Å². The molecule has 0 N–H and O–H groups in total. The molecule has 1 unspecified atom stereocenters. The molecule has 0 aromatic carbocycles. The first-order valence-electron chi connectivity index (χ1n) is 24.6. The van der Waals surface area contributed by atoms with E-state index in [1.165, 1.54) is 46.0 Å². The van der Waals surface area contributed by atoms with Crippen molar-refractivity contribution >= 4 is 0 Å². The van der Waals surface area contributed by atoms with Gasteiger partial charge < -0.3 is 0 Å². The molecule has 0 fully saturated rings. The highest BCUT2D eigenvalue weighted by molar-refractivity contribution is 4.84. The minimum Gasteiger partial charge on any atom is -0.171 e. The van der Waals surface area contributed by atoms with Gasteiger partial charge in [0.15, 0.2) is 5.41 Å². The molecular formula is C49H94F24. The second-order valence-corrected chi connectivity index (χ2v) is 19.6. The van der Waals surface area contributed by atoms with Gasteiger partial charge in [-0.05, 0) is 50.8 Å². The maximum atomic E-state index is 11.6. The molecule has 0 aromatic rings. The molecule has 0 amide bonds. The van der Waals surface area contributed by atoms with Crippen molar-refractivity contribution in [2.75, 3.05) is 0 Å². The third-order valence-corrected chi connectivity index (χ3v) is 7.93. The van der Waals surface area contributed by atoms with Crippen LogP contribution < -0.4 is 0 Å².